The zero-order valence-corrected chi connectivity index (χ0v) is 18.1. The van der Waals surface area contributed by atoms with Gasteiger partial charge in [-0.05, 0) is 42.3 Å². The summed E-state index contributed by atoms with van der Waals surface area (Å²) < 4.78 is 50.9. The van der Waals surface area contributed by atoms with Crippen LogP contribution in [0.4, 0.5) is 13.2 Å². The van der Waals surface area contributed by atoms with Gasteiger partial charge in [0.15, 0.2) is 0 Å². The minimum Gasteiger partial charge on any atom is -0.384 e. The molecule has 1 aliphatic heterocycles. The zero-order chi connectivity index (χ0) is 22.6. The molecule has 0 bridgehead atoms. The van der Waals surface area contributed by atoms with Crippen molar-refractivity contribution in [1.29, 1.82) is 0 Å². The fourth-order valence-corrected chi connectivity index (χ4v) is 4.00. The molecule has 2 aromatic carbocycles. The number of benzene rings is 2. The second-order valence-electron chi connectivity index (χ2n) is 8.05. The average molecular weight is 456 g/mol. The number of carbonyl (C=O) groups excluding carboxylic acids is 1. The molecule has 1 N–H and O–H groups in total. The number of hydrogen-bond donors (Lipinski definition) is 1. The van der Waals surface area contributed by atoms with Crippen molar-refractivity contribution < 1.29 is 27.4 Å². The van der Waals surface area contributed by atoms with E-state index in [9.17, 15) is 18.0 Å². The Morgan fingerprint density at radius 3 is 2.42 bits per heavy atom. The van der Waals surface area contributed by atoms with Crippen molar-refractivity contribution in [2.75, 3.05) is 13.7 Å². The molecule has 31 heavy (non-hydrogen) atoms. The third-order valence-electron chi connectivity index (χ3n) is 5.40. The van der Waals surface area contributed by atoms with E-state index in [1.165, 1.54) is 13.2 Å². The first-order chi connectivity index (χ1) is 14.6. The molecule has 0 aromatic heterocycles. The third kappa shape index (κ3) is 6.21. The lowest BCUT2D eigenvalue weighted by Crippen LogP contribution is -2.51. The van der Waals surface area contributed by atoms with Crippen LogP contribution in [0.1, 0.15) is 55.1 Å². The Labute approximate surface area is 184 Å². The first-order valence-electron chi connectivity index (χ1n) is 9.98. The number of ether oxygens (including phenoxy) is 2. The van der Waals surface area contributed by atoms with Gasteiger partial charge in [0.2, 0.25) is 5.91 Å². The maximum atomic E-state index is 13.2. The molecule has 1 aliphatic rings. The van der Waals surface area contributed by atoms with Crippen LogP contribution in [0.15, 0.2) is 48.5 Å². The summed E-state index contributed by atoms with van der Waals surface area (Å²) in [4.78, 5) is 12.4. The number of amides is 1. The van der Waals surface area contributed by atoms with Crippen molar-refractivity contribution in [3.8, 4) is 0 Å². The monoisotopic (exact) mass is 455 g/mol. The highest BCUT2D eigenvalue weighted by Gasteiger charge is 2.41. The van der Waals surface area contributed by atoms with E-state index in [-0.39, 0.29) is 18.9 Å². The number of hydrogen-bond acceptors (Lipinski definition) is 3. The van der Waals surface area contributed by atoms with Crippen molar-refractivity contribution in [2.45, 2.75) is 50.1 Å². The molecule has 1 heterocycles. The Bertz CT molecular complexity index is 904. The SMILES string of the molecule is COCCC(=O)N[C@]1(C)C[C@@H](c2ccc(Cl)cc2)O[C@@H](c2cccc(C(F)(F)F)c2)C1. The Morgan fingerprint density at radius 2 is 1.81 bits per heavy atom. The van der Waals surface area contributed by atoms with Crippen molar-refractivity contribution in [1.82, 2.24) is 5.32 Å². The maximum absolute atomic E-state index is 13.2. The minimum absolute atomic E-state index is 0.177. The number of halogens is 4. The summed E-state index contributed by atoms with van der Waals surface area (Å²) in [7, 11) is 1.52. The van der Waals surface area contributed by atoms with Gasteiger partial charge in [0.05, 0.1) is 24.4 Å². The van der Waals surface area contributed by atoms with E-state index in [4.69, 9.17) is 21.1 Å². The zero-order valence-electron chi connectivity index (χ0n) is 17.3. The summed E-state index contributed by atoms with van der Waals surface area (Å²) in [6.07, 6.45) is -4.47. The first kappa shape index (κ1) is 23.6. The minimum atomic E-state index is -4.45. The van der Waals surface area contributed by atoms with Gasteiger partial charge in [-0.25, -0.2) is 0 Å². The second-order valence-corrected chi connectivity index (χ2v) is 8.48. The average Bonchev–Trinajstić information content (AvgIpc) is 2.71. The van der Waals surface area contributed by atoms with E-state index in [2.05, 4.69) is 5.32 Å². The molecule has 0 aliphatic carbocycles. The largest absolute Gasteiger partial charge is 0.416 e. The van der Waals surface area contributed by atoms with Crippen molar-refractivity contribution >= 4 is 17.5 Å². The van der Waals surface area contributed by atoms with Gasteiger partial charge in [0.25, 0.3) is 0 Å². The summed E-state index contributed by atoms with van der Waals surface area (Å²) in [6, 6.07) is 12.3. The van der Waals surface area contributed by atoms with Gasteiger partial charge in [0, 0.05) is 36.9 Å². The molecule has 0 radical (unpaired) electrons. The molecule has 1 amide bonds. The Kier molecular flexibility index (Phi) is 7.29. The summed E-state index contributed by atoms with van der Waals surface area (Å²) >= 11 is 5.99. The van der Waals surface area contributed by atoms with Crippen LogP contribution in [0.3, 0.4) is 0 Å². The molecule has 0 spiro atoms. The van der Waals surface area contributed by atoms with E-state index >= 15 is 0 Å². The quantitative estimate of drug-likeness (QED) is 0.593. The fourth-order valence-electron chi connectivity index (χ4n) is 3.88. The van der Waals surface area contributed by atoms with Gasteiger partial charge in [0.1, 0.15) is 0 Å². The third-order valence-corrected chi connectivity index (χ3v) is 5.65. The highest BCUT2D eigenvalue weighted by Crippen LogP contribution is 2.44. The normalized spacial score (nSPS) is 24.1. The molecule has 3 atom stereocenters. The lowest BCUT2D eigenvalue weighted by Gasteiger charge is -2.43. The van der Waals surface area contributed by atoms with Crippen LogP contribution < -0.4 is 5.32 Å². The standard InChI is InChI=1S/C23H25ClF3NO3/c1-22(28-21(29)10-11-30-2)13-19(15-6-8-18(24)9-7-15)31-20(14-22)16-4-3-5-17(12-16)23(25,26)27/h3-9,12,19-20H,10-11,13-14H2,1-2H3,(H,28,29)/t19-,20+,22+/m0/s1. The molecular formula is C23H25ClF3NO3. The number of methoxy groups -OCH3 is 1. The van der Waals surface area contributed by atoms with Crippen LogP contribution in [0.25, 0.3) is 0 Å². The Balaban J connectivity index is 1.91. The maximum Gasteiger partial charge on any atom is 0.416 e. The predicted molar refractivity (Wildman–Crippen MR) is 112 cm³/mol. The van der Waals surface area contributed by atoms with Crippen LogP contribution in [0.5, 0.6) is 0 Å². The van der Waals surface area contributed by atoms with Crippen molar-refractivity contribution in [3.05, 3.63) is 70.2 Å². The van der Waals surface area contributed by atoms with Gasteiger partial charge in [-0.2, -0.15) is 13.2 Å². The Hall–Kier alpha value is -2.09. The smallest absolute Gasteiger partial charge is 0.384 e. The fraction of sp³-hybridized carbons (Fsp3) is 0.435. The molecular weight excluding hydrogens is 431 g/mol. The molecule has 8 heteroatoms. The van der Waals surface area contributed by atoms with Gasteiger partial charge in [-0.3, -0.25) is 4.79 Å². The summed E-state index contributed by atoms with van der Waals surface area (Å²) in [6.45, 7) is 2.18. The molecule has 1 saturated heterocycles. The van der Waals surface area contributed by atoms with E-state index in [1.807, 2.05) is 19.1 Å². The van der Waals surface area contributed by atoms with Crippen LogP contribution >= 0.6 is 11.6 Å². The summed E-state index contributed by atoms with van der Waals surface area (Å²) in [5.74, 6) is -0.177. The van der Waals surface area contributed by atoms with Gasteiger partial charge < -0.3 is 14.8 Å². The lowest BCUT2D eigenvalue weighted by molar-refractivity contribution is -0.137. The molecule has 4 nitrogen and oxygen atoms in total. The second kappa shape index (κ2) is 9.59. The predicted octanol–water partition coefficient (Wildman–Crippen LogP) is 5.86. The molecule has 2 aromatic rings. The van der Waals surface area contributed by atoms with Crippen molar-refractivity contribution in [3.63, 3.8) is 0 Å². The first-order valence-corrected chi connectivity index (χ1v) is 10.4. The Morgan fingerprint density at radius 1 is 1.16 bits per heavy atom. The van der Waals surface area contributed by atoms with Gasteiger partial charge in [-0.1, -0.05) is 35.9 Å². The van der Waals surface area contributed by atoms with E-state index in [0.717, 1.165) is 17.7 Å². The van der Waals surface area contributed by atoms with Crippen LogP contribution in [0.2, 0.25) is 5.02 Å². The molecule has 0 unspecified atom stereocenters. The number of nitrogens with one attached hydrogen (secondary N) is 1. The number of rotatable bonds is 6. The topological polar surface area (TPSA) is 47.6 Å². The van der Waals surface area contributed by atoms with E-state index < -0.39 is 29.5 Å². The molecule has 3 rings (SSSR count). The summed E-state index contributed by atoms with van der Waals surface area (Å²) in [5, 5.41) is 3.61. The lowest BCUT2D eigenvalue weighted by atomic mass is 9.81. The number of alkyl halides is 3. The van der Waals surface area contributed by atoms with E-state index in [0.29, 0.717) is 23.4 Å². The van der Waals surface area contributed by atoms with E-state index in [1.54, 1.807) is 18.2 Å². The van der Waals surface area contributed by atoms with Gasteiger partial charge in [-0.15, -0.1) is 0 Å². The molecule has 1 fully saturated rings. The molecule has 168 valence electrons. The van der Waals surface area contributed by atoms with Crippen molar-refractivity contribution in [2.24, 2.45) is 0 Å². The van der Waals surface area contributed by atoms with Crippen LogP contribution in [-0.4, -0.2) is 25.2 Å². The number of carbonyl (C=O) groups is 1. The van der Waals surface area contributed by atoms with Crippen LogP contribution in [-0.2, 0) is 20.4 Å². The van der Waals surface area contributed by atoms with Gasteiger partial charge >= 0.3 is 6.18 Å². The summed E-state index contributed by atoms with van der Waals surface area (Å²) in [5.41, 5.74) is -0.135. The molecule has 0 saturated carbocycles. The highest BCUT2D eigenvalue weighted by atomic mass is 35.5. The highest BCUT2D eigenvalue weighted by molar-refractivity contribution is 6.30. The van der Waals surface area contributed by atoms with Crippen LogP contribution in [0, 0.1) is 0 Å².